The van der Waals surface area contributed by atoms with Crippen molar-refractivity contribution in [3.63, 3.8) is 0 Å². The predicted octanol–water partition coefficient (Wildman–Crippen LogP) is 1.64. The van der Waals surface area contributed by atoms with Crippen molar-refractivity contribution < 1.29 is 18.3 Å². The van der Waals surface area contributed by atoms with Crippen LogP contribution in [0.25, 0.3) is 0 Å². The topological polar surface area (TPSA) is 52.5 Å². The van der Waals surface area contributed by atoms with Gasteiger partial charge in [-0.3, -0.25) is 0 Å². The van der Waals surface area contributed by atoms with Gasteiger partial charge in [0.1, 0.15) is 5.69 Å². The lowest BCUT2D eigenvalue weighted by molar-refractivity contribution is -0.141. The van der Waals surface area contributed by atoms with Gasteiger partial charge in [-0.15, -0.1) is 0 Å². The van der Waals surface area contributed by atoms with Gasteiger partial charge in [0.25, 0.3) is 0 Å². The standard InChI is InChI=1S/C15H21F3N4O/c16-15(17,18)13-3-4-19-14(20-13)22-8-11(12(9-22)10-23)7-21-5-1-2-6-21/h3-4,11-12,23H,1-2,5-10H2/t11-,12-/m1/s1. The van der Waals surface area contributed by atoms with E-state index in [9.17, 15) is 18.3 Å². The predicted molar refractivity (Wildman–Crippen MR) is 79.0 cm³/mol. The van der Waals surface area contributed by atoms with Crippen LogP contribution in [-0.2, 0) is 6.18 Å². The maximum absolute atomic E-state index is 12.8. The van der Waals surface area contributed by atoms with E-state index < -0.39 is 11.9 Å². The van der Waals surface area contributed by atoms with Crippen LogP contribution in [0.4, 0.5) is 19.1 Å². The first kappa shape index (κ1) is 16.4. The zero-order chi connectivity index (χ0) is 16.4. The lowest BCUT2D eigenvalue weighted by atomic mass is 9.96. The Hall–Kier alpha value is -1.41. The molecule has 8 heteroatoms. The maximum atomic E-state index is 12.8. The summed E-state index contributed by atoms with van der Waals surface area (Å²) in [5.41, 5.74) is -0.925. The Balaban J connectivity index is 1.71. The van der Waals surface area contributed by atoms with Gasteiger partial charge in [0.2, 0.25) is 5.95 Å². The largest absolute Gasteiger partial charge is 0.433 e. The van der Waals surface area contributed by atoms with Gasteiger partial charge >= 0.3 is 6.18 Å². The fourth-order valence-corrected chi connectivity index (χ4v) is 3.47. The molecule has 0 aromatic carbocycles. The number of anilines is 1. The third kappa shape index (κ3) is 3.74. The third-order valence-corrected chi connectivity index (χ3v) is 4.72. The molecule has 0 spiro atoms. The van der Waals surface area contributed by atoms with Crippen molar-refractivity contribution >= 4 is 5.95 Å². The molecular weight excluding hydrogens is 309 g/mol. The van der Waals surface area contributed by atoms with Crippen LogP contribution in [0.15, 0.2) is 12.3 Å². The Kier molecular flexibility index (Phi) is 4.72. The van der Waals surface area contributed by atoms with E-state index in [0.717, 1.165) is 31.9 Å². The van der Waals surface area contributed by atoms with E-state index in [0.29, 0.717) is 13.1 Å². The van der Waals surface area contributed by atoms with Gasteiger partial charge in [-0.1, -0.05) is 0 Å². The van der Waals surface area contributed by atoms with Crippen molar-refractivity contribution in [1.29, 1.82) is 0 Å². The van der Waals surface area contributed by atoms with Crippen LogP contribution in [0.2, 0.25) is 0 Å². The molecule has 23 heavy (non-hydrogen) atoms. The van der Waals surface area contributed by atoms with E-state index in [4.69, 9.17) is 0 Å². The molecule has 3 rings (SSSR count). The minimum Gasteiger partial charge on any atom is -0.396 e. The number of hydrogen-bond donors (Lipinski definition) is 1. The monoisotopic (exact) mass is 330 g/mol. The van der Waals surface area contributed by atoms with E-state index in [-0.39, 0.29) is 24.4 Å². The Labute approximate surface area is 133 Å². The first-order valence-corrected chi connectivity index (χ1v) is 7.96. The fourth-order valence-electron chi connectivity index (χ4n) is 3.47. The Morgan fingerprint density at radius 2 is 1.87 bits per heavy atom. The van der Waals surface area contributed by atoms with Crippen molar-refractivity contribution in [2.75, 3.05) is 44.2 Å². The first-order chi connectivity index (χ1) is 11.0. The molecule has 2 aliphatic heterocycles. The number of likely N-dealkylation sites (tertiary alicyclic amines) is 1. The van der Waals surface area contributed by atoms with Crippen molar-refractivity contribution in [1.82, 2.24) is 14.9 Å². The molecule has 0 saturated carbocycles. The van der Waals surface area contributed by atoms with Gasteiger partial charge in [-0.2, -0.15) is 13.2 Å². The van der Waals surface area contributed by atoms with Crippen molar-refractivity contribution in [3.05, 3.63) is 18.0 Å². The van der Waals surface area contributed by atoms with Crippen LogP contribution in [0, 0.1) is 11.8 Å². The van der Waals surface area contributed by atoms with Gasteiger partial charge in [0, 0.05) is 38.4 Å². The Bertz CT molecular complexity index is 534. The summed E-state index contributed by atoms with van der Waals surface area (Å²) >= 11 is 0. The summed E-state index contributed by atoms with van der Waals surface area (Å²) in [5.74, 6) is 0.382. The smallest absolute Gasteiger partial charge is 0.396 e. The van der Waals surface area contributed by atoms with E-state index in [1.165, 1.54) is 12.8 Å². The molecule has 1 N–H and O–H groups in total. The van der Waals surface area contributed by atoms with Crippen LogP contribution < -0.4 is 4.90 Å². The normalized spacial score (nSPS) is 26.2. The SMILES string of the molecule is OC[C@H]1CN(c2nccc(C(F)(F)F)n2)C[C@H]1CN1CCCC1. The average molecular weight is 330 g/mol. The molecule has 0 amide bonds. The molecule has 2 aliphatic rings. The van der Waals surface area contributed by atoms with Crippen molar-refractivity contribution in [3.8, 4) is 0 Å². The molecule has 0 unspecified atom stereocenters. The highest BCUT2D eigenvalue weighted by Crippen LogP contribution is 2.31. The number of aromatic nitrogens is 2. The molecule has 0 aliphatic carbocycles. The summed E-state index contributed by atoms with van der Waals surface area (Å²) in [7, 11) is 0. The number of hydrogen-bond acceptors (Lipinski definition) is 5. The summed E-state index contributed by atoms with van der Waals surface area (Å²) in [6, 6.07) is 0.880. The lowest BCUT2D eigenvalue weighted by Crippen LogP contribution is -2.32. The number of alkyl halides is 3. The number of rotatable bonds is 4. The van der Waals surface area contributed by atoms with Crippen LogP contribution in [-0.4, -0.2) is 59.3 Å². The molecule has 5 nitrogen and oxygen atoms in total. The zero-order valence-corrected chi connectivity index (χ0v) is 12.8. The van der Waals surface area contributed by atoms with Gasteiger partial charge < -0.3 is 14.9 Å². The van der Waals surface area contributed by atoms with Crippen molar-refractivity contribution in [2.24, 2.45) is 11.8 Å². The highest BCUT2D eigenvalue weighted by atomic mass is 19.4. The van der Waals surface area contributed by atoms with Crippen LogP contribution in [0.3, 0.4) is 0 Å². The Morgan fingerprint density at radius 3 is 2.52 bits per heavy atom. The number of halogens is 3. The highest BCUT2D eigenvalue weighted by molar-refractivity contribution is 5.33. The van der Waals surface area contributed by atoms with Gasteiger partial charge in [0.15, 0.2) is 0 Å². The molecule has 2 atom stereocenters. The minimum atomic E-state index is -4.47. The van der Waals surface area contributed by atoms with E-state index in [2.05, 4.69) is 14.9 Å². The first-order valence-electron chi connectivity index (χ1n) is 7.96. The number of aliphatic hydroxyl groups is 1. The summed E-state index contributed by atoms with van der Waals surface area (Å²) in [6.45, 7) is 4.12. The molecular formula is C15H21F3N4O. The quantitative estimate of drug-likeness (QED) is 0.909. The summed E-state index contributed by atoms with van der Waals surface area (Å²) in [6.07, 6.45) is -0.941. The average Bonchev–Trinajstić information content (AvgIpc) is 3.16. The molecule has 1 aromatic heterocycles. The van der Waals surface area contributed by atoms with Crippen LogP contribution >= 0.6 is 0 Å². The van der Waals surface area contributed by atoms with Gasteiger partial charge in [0.05, 0.1) is 0 Å². The van der Waals surface area contributed by atoms with Gasteiger partial charge in [-0.25, -0.2) is 9.97 Å². The second-order valence-corrected chi connectivity index (χ2v) is 6.36. The molecule has 1 aromatic rings. The van der Waals surface area contributed by atoms with Crippen LogP contribution in [0.5, 0.6) is 0 Å². The fraction of sp³-hybridized carbons (Fsp3) is 0.733. The second kappa shape index (κ2) is 6.60. The van der Waals surface area contributed by atoms with Crippen molar-refractivity contribution in [2.45, 2.75) is 19.0 Å². The Morgan fingerprint density at radius 1 is 1.17 bits per heavy atom. The molecule has 2 saturated heterocycles. The summed E-state index contributed by atoms with van der Waals surface area (Å²) in [5, 5.41) is 9.59. The van der Waals surface area contributed by atoms with Gasteiger partial charge in [-0.05, 0) is 37.9 Å². The third-order valence-electron chi connectivity index (χ3n) is 4.72. The highest BCUT2D eigenvalue weighted by Gasteiger charge is 2.37. The lowest BCUT2D eigenvalue weighted by Gasteiger charge is -2.23. The van der Waals surface area contributed by atoms with Crippen LogP contribution in [0.1, 0.15) is 18.5 Å². The maximum Gasteiger partial charge on any atom is 0.433 e. The summed E-state index contributed by atoms with van der Waals surface area (Å²) in [4.78, 5) is 11.8. The minimum absolute atomic E-state index is 0.0357. The van der Waals surface area contributed by atoms with E-state index in [1.807, 2.05) is 0 Å². The molecule has 3 heterocycles. The number of aliphatic hydroxyl groups excluding tert-OH is 1. The molecule has 0 radical (unpaired) electrons. The molecule has 2 fully saturated rings. The number of nitrogens with zero attached hydrogens (tertiary/aromatic N) is 4. The second-order valence-electron chi connectivity index (χ2n) is 6.36. The zero-order valence-electron chi connectivity index (χ0n) is 12.8. The van der Waals surface area contributed by atoms with E-state index >= 15 is 0 Å². The molecule has 0 bridgehead atoms. The van der Waals surface area contributed by atoms with E-state index in [1.54, 1.807) is 4.90 Å². The molecule has 128 valence electrons. The summed E-state index contributed by atoms with van der Waals surface area (Å²) < 4.78 is 38.4.